The molecule has 136 valence electrons. The fourth-order valence-electron chi connectivity index (χ4n) is 3.42. The van der Waals surface area contributed by atoms with Gasteiger partial charge in [-0.3, -0.25) is 14.5 Å². The number of rotatable bonds is 6. The molecule has 1 saturated heterocycles. The van der Waals surface area contributed by atoms with Gasteiger partial charge in [-0.15, -0.1) is 11.3 Å². The number of hydrogen-bond donors (Lipinski definition) is 1. The zero-order chi connectivity index (χ0) is 18.1. The lowest BCUT2D eigenvalue weighted by atomic mass is 10.0. The quantitative estimate of drug-likeness (QED) is 0.849. The molecule has 0 radical (unpaired) electrons. The standard InChI is InChI=1S/C20H23N3O2S/c1-13-4-6-14(7-5-13)19(15-8-9-15)22-17(24)11-16-12-26-20(21-16)23-10-2-3-18(23)25/h4-7,12,15,19H,2-3,8-11H2,1H3,(H,22,24). The van der Waals surface area contributed by atoms with Crippen molar-refractivity contribution >= 4 is 28.3 Å². The van der Waals surface area contributed by atoms with Crippen LogP contribution in [0, 0.1) is 12.8 Å². The molecule has 1 aliphatic heterocycles. The Morgan fingerprint density at radius 1 is 1.35 bits per heavy atom. The molecule has 0 bridgehead atoms. The first-order chi connectivity index (χ1) is 12.6. The highest BCUT2D eigenvalue weighted by Gasteiger charge is 2.33. The van der Waals surface area contributed by atoms with Gasteiger partial charge in [0.25, 0.3) is 0 Å². The largest absolute Gasteiger partial charge is 0.349 e. The van der Waals surface area contributed by atoms with Crippen LogP contribution in [0.4, 0.5) is 5.13 Å². The second kappa shape index (κ2) is 7.19. The van der Waals surface area contributed by atoms with Crippen LogP contribution in [-0.4, -0.2) is 23.3 Å². The molecular weight excluding hydrogens is 346 g/mol. The van der Waals surface area contributed by atoms with Crippen molar-refractivity contribution in [1.82, 2.24) is 10.3 Å². The van der Waals surface area contributed by atoms with Gasteiger partial charge in [0, 0.05) is 18.3 Å². The molecule has 4 rings (SSSR count). The highest BCUT2D eigenvalue weighted by Crippen LogP contribution is 2.41. The molecule has 26 heavy (non-hydrogen) atoms. The van der Waals surface area contributed by atoms with Crippen molar-refractivity contribution in [3.05, 3.63) is 46.5 Å². The van der Waals surface area contributed by atoms with E-state index in [1.807, 2.05) is 5.38 Å². The van der Waals surface area contributed by atoms with Crippen molar-refractivity contribution in [2.75, 3.05) is 11.4 Å². The second-order valence-electron chi connectivity index (χ2n) is 7.24. The maximum absolute atomic E-state index is 12.6. The molecule has 2 fully saturated rings. The number of nitrogens with one attached hydrogen (secondary N) is 1. The van der Waals surface area contributed by atoms with Crippen LogP contribution >= 0.6 is 11.3 Å². The van der Waals surface area contributed by atoms with E-state index in [0.29, 0.717) is 17.5 Å². The summed E-state index contributed by atoms with van der Waals surface area (Å²) < 4.78 is 0. The third-order valence-electron chi connectivity index (χ3n) is 5.03. The van der Waals surface area contributed by atoms with Gasteiger partial charge in [-0.25, -0.2) is 4.98 Å². The Balaban J connectivity index is 1.40. The lowest BCUT2D eigenvalue weighted by Crippen LogP contribution is -2.31. The molecule has 2 heterocycles. The van der Waals surface area contributed by atoms with E-state index in [1.54, 1.807) is 4.90 Å². The van der Waals surface area contributed by atoms with Crippen molar-refractivity contribution in [2.45, 2.75) is 45.1 Å². The van der Waals surface area contributed by atoms with Gasteiger partial charge in [0.2, 0.25) is 11.8 Å². The predicted octanol–water partition coefficient (Wildman–Crippen LogP) is 3.39. The average molecular weight is 369 g/mol. The second-order valence-corrected chi connectivity index (χ2v) is 8.08. The van der Waals surface area contributed by atoms with Crippen LogP contribution < -0.4 is 10.2 Å². The normalized spacial score (nSPS) is 18.2. The van der Waals surface area contributed by atoms with Crippen LogP contribution in [-0.2, 0) is 16.0 Å². The molecule has 2 aliphatic rings. The van der Waals surface area contributed by atoms with Crippen LogP contribution in [0.15, 0.2) is 29.6 Å². The summed E-state index contributed by atoms with van der Waals surface area (Å²) in [6.07, 6.45) is 4.06. The Labute approximate surface area is 157 Å². The first-order valence-electron chi connectivity index (χ1n) is 9.21. The summed E-state index contributed by atoms with van der Waals surface area (Å²) in [6, 6.07) is 8.49. The Kier molecular flexibility index (Phi) is 4.76. The van der Waals surface area contributed by atoms with Gasteiger partial charge in [0.15, 0.2) is 5.13 Å². The molecular formula is C20H23N3O2S. The van der Waals surface area contributed by atoms with Gasteiger partial charge < -0.3 is 5.32 Å². The van der Waals surface area contributed by atoms with Crippen LogP contribution in [0.5, 0.6) is 0 Å². The van der Waals surface area contributed by atoms with Crippen molar-refractivity contribution in [3.63, 3.8) is 0 Å². The Morgan fingerprint density at radius 2 is 2.12 bits per heavy atom. The van der Waals surface area contributed by atoms with Crippen molar-refractivity contribution < 1.29 is 9.59 Å². The predicted molar refractivity (Wildman–Crippen MR) is 102 cm³/mol. The van der Waals surface area contributed by atoms with E-state index in [-0.39, 0.29) is 24.3 Å². The van der Waals surface area contributed by atoms with E-state index in [4.69, 9.17) is 0 Å². The fourth-order valence-corrected chi connectivity index (χ4v) is 4.29. The highest BCUT2D eigenvalue weighted by molar-refractivity contribution is 7.14. The van der Waals surface area contributed by atoms with Crippen LogP contribution in [0.1, 0.15) is 48.5 Å². The maximum atomic E-state index is 12.6. The molecule has 1 saturated carbocycles. The monoisotopic (exact) mass is 369 g/mol. The molecule has 2 amide bonds. The van der Waals surface area contributed by atoms with E-state index in [9.17, 15) is 9.59 Å². The zero-order valence-electron chi connectivity index (χ0n) is 14.9. The summed E-state index contributed by atoms with van der Waals surface area (Å²) in [5.41, 5.74) is 3.13. The van der Waals surface area contributed by atoms with Gasteiger partial charge in [-0.2, -0.15) is 0 Å². The highest BCUT2D eigenvalue weighted by atomic mass is 32.1. The number of carbonyl (C=O) groups excluding carboxylic acids is 2. The van der Waals surface area contributed by atoms with Gasteiger partial charge in [-0.05, 0) is 37.7 Å². The molecule has 5 nitrogen and oxygen atoms in total. The van der Waals surface area contributed by atoms with Crippen LogP contribution in [0.3, 0.4) is 0 Å². The summed E-state index contributed by atoms with van der Waals surface area (Å²) in [6.45, 7) is 2.80. The number of anilines is 1. The zero-order valence-corrected chi connectivity index (χ0v) is 15.7. The van der Waals surface area contributed by atoms with Gasteiger partial charge in [0.1, 0.15) is 0 Å². The molecule has 0 spiro atoms. The van der Waals surface area contributed by atoms with Crippen molar-refractivity contribution in [2.24, 2.45) is 5.92 Å². The molecule has 6 heteroatoms. The van der Waals surface area contributed by atoms with E-state index in [0.717, 1.165) is 31.5 Å². The average Bonchev–Trinajstić information content (AvgIpc) is 3.22. The van der Waals surface area contributed by atoms with E-state index < -0.39 is 0 Å². The molecule has 2 aromatic rings. The van der Waals surface area contributed by atoms with E-state index in [2.05, 4.69) is 41.5 Å². The first-order valence-corrected chi connectivity index (χ1v) is 10.1. The third-order valence-corrected chi connectivity index (χ3v) is 5.94. The molecule has 1 aromatic heterocycles. The molecule has 1 atom stereocenters. The summed E-state index contributed by atoms with van der Waals surface area (Å²) in [4.78, 5) is 30.6. The van der Waals surface area contributed by atoms with Gasteiger partial charge in [0.05, 0.1) is 18.2 Å². The number of thiazole rings is 1. The molecule has 1 aliphatic carbocycles. The Bertz CT molecular complexity index is 811. The number of hydrogen-bond acceptors (Lipinski definition) is 4. The number of aromatic nitrogens is 1. The molecule has 1 N–H and O–H groups in total. The topological polar surface area (TPSA) is 62.3 Å². The molecule has 1 aromatic carbocycles. The minimum absolute atomic E-state index is 0.00734. The summed E-state index contributed by atoms with van der Waals surface area (Å²) >= 11 is 1.44. The smallest absolute Gasteiger partial charge is 0.228 e. The van der Waals surface area contributed by atoms with Crippen molar-refractivity contribution in [1.29, 1.82) is 0 Å². The van der Waals surface area contributed by atoms with Crippen LogP contribution in [0.2, 0.25) is 0 Å². The number of benzene rings is 1. The number of amides is 2. The SMILES string of the molecule is Cc1ccc(C(NC(=O)Cc2csc(N3CCCC3=O)n2)C2CC2)cc1. The summed E-state index contributed by atoms with van der Waals surface area (Å²) in [7, 11) is 0. The Morgan fingerprint density at radius 3 is 2.77 bits per heavy atom. The maximum Gasteiger partial charge on any atom is 0.228 e. The molecule has 1 unspecified atom stereocenters. The van der Waals surface area contributed by atoms with Gasteiger partial charge >= 0.3 is 0 Å². The Hall–Kier alpha value is -2.21. The van der Waals surface area contributed by atoms with Crippen LogP contribution in [0.25, 0.3) is 0 Å². The fraction of sp³-hybridized carbons (Fsp3) is 0.450. The minimum Gasteiger partial charge on any atom is -0.349 e. The van der Waals surface area contributed by atoms with E-state index >= 15 is 0 Å². The lowest BCUT2D eigenvalue weighted by molar-refractivity contribution is -0.121. The first kappa shape index (κ1) is 17.2. The van der Waals surface area contributed by atoms with Gasteiger partial charge in [-0.1, -0.05) is 29.8 Å². The van der Waals surface area contributed by atoms with Crippen molar-refractivity contribution in [3.8, 4) is 0 Å². The minimum atomic E-state index is -0.00734. The van der Waals surface area contributed by atoms with E-state index in [1.165, 1.54) is 22.5 Å². The summed E-state index contributed by atoms with van der Waals surface area (Å²) in [5.74, 6) is 0.658. The summed E-state index contributed by atoms with van der Waals surface area (Å²) in [5, 5.41) is 5.80. The lowest BCUT2D eigenvalue weighted by Gasteiger charge is -2.19. The number of aryl methyl sites for hydroxylation is 1. The number of nitrogens with zero attached hydrogens (tertiary/aromatic N) is 2. The third kappa shape index (κ3) is 3.80. The number of carbonyl (C=O) groups is 2.